The van der Waals surface area contributed by atoms with Gasteiger partial charge in [-0.25, -0.2) is 9.97 Å². The molecule has 4 amide bonds. The number of aromatic nitrogens is 4. The smallest absolute Gasteiger partial charge is 0.255 e. The molecule has 70 heavy (non-hydrogen) atoms. The van der Waals surface area contributed by atoms with Gasteiger partial charge in [0.2, 0.25) is 18.2 Å². The molecule has 7 heterocycles. The van der Waals surface area contributed by atoms with Crippen LogP contribution >= 0.6 is 0 Å². The van der Waals surface area contributed by atoms with Crippen molar-refractivity contribution in [2.45, 2.75) is 89.3 Å². The van der Waals surface area contributed by atoms with Crippen LogP contribution in [0.25, 0.3) is 22.3 Å². The highest BCUT2D eigenvalue weighted by molar-refractivity contribution is 6.05. The number of rotatable bonds is 17. The van der Waals surface area contributed by atoms with Crippen molar-refractivity contribution in [1.82, 2.24) is 50.4 Å². The number of carbonyl (C=O) groups is 4. The van der Waals surface area contributed by atoms with Crippen LogP contribution in [-0.4, -0.2) is 148 Å². The van der Waals surface area contributed by atoms with Crippen molar-refractivity contribution in [3.8, 4) is 22.8 Å². The average molecular weight is 953 g/mol. The van der Waals surface area contributed by atoms with Crippen molar-refractivity contribution in [2.75, 3.05) is 82.6 Å². The number of anilines is 2. The maximum absolute atomic E-state index is 13.1. The highest BCUT2D eigenvalue weighted by Crippen LogP contribution is 2.34. The minimum Gasteiger partial charge on any atom is -0.457 e. The van der Waals surface area contributed by atoms with Crippen LogP contribution in [0.15, 0.2) is 79.1 Å². The van der Waals surface area contributed by atoms with Crippen LogP contribution in [-0.2, 0) is 20.9 Å². The molecule has 4 fully saturated rings. The van der Waals surface area contributed by atoms with E-state index in [9.17, 15) is 19.2 Å². The first kappa shape index (κ1) is 48.6. The number of likely N-dealkylation sites (tertiary alicyclic amines) is 2. The zero-order chi connectivity index (χ0) is 48.2. The first-order valence-electron chi connectivity index (χ1n) is 25.5. The van der Waals surface area contributed by atoms with Crippen LogP contribution in [0, 0.1) is 5.92 Å². The minimum absolute atomic E-state index is 0.117. The van der Waals surface area contributed by atoms with Crippen LogP contribution in [0.5, 0.6) is 11.5 Å². The summed E-state index contributed by atoms with van der Waals surface area (Å²) in [5.41, 5.74) is 11.0. The Morgan fingerprint density at radius 3 is 2.36 bits per heavy atom. The second kappa shape index (κ2) is 23.5. The van der Waals surface area contributed by atoms with Gasteiger partial charge in [0.05, 0.1) is 11.1 Å². The van der Waals surface area contributed by atoms with Gasteiger partial charge in [0.25, 0.3) is 5.91 Å². The van der Waals surface area contributed by atoms with E-state index in [1.165, 1.54) is 77.5 Å². The molecule has 1 atom stereocenters. The first-order chi connectivity index (χ1) is 34.3. The molecule has 5 aliphatic rings. The summed E-state index contributed by atoms with van der Waals surface area (Å²) >= 11 is 0. The maximum Gasteiger partial charge on any atom is 0.255 e. The number of fused-ring (bicyclic) bond motifs is 2. The molecular formula is C53H68N12O5. The molecule has 0 saturated carbocycles. The third-order valence-electron chi connectivity index (χ3n) is 14.9. The second-order valence-corrected chi connectivity index (χ2v) is 19.4. The van der Waals surface area contributed by atoms with Crippen molar-refractivity contribution >= 4 is 46.7 Å². The molecule has 3 aromatic carbocycles. The van der Waals surface area contributed by atoms with Gasteiger partial charge < -0.3 is 40.3 Å². The molecule has 10 rings (SSSR count). The number of nitrogens with two attached hydrogens (primary N) is 1. The van der Waals surface area contributed by atoms with Gasteiger partial charge in [-0.2, -0.15) is 5.10 Å². The lowest BCUT2D eigenvalue weighted by Gasteiger charge is -2.40. The molecular weight excluding hydrogens is 885 g/mol. The largest absolute Gasteiger partial charge is 0.457 e. The molecule has 1 unspecified atom stereocenters. The van der Waals surface area contributed by atoms with E-state index in [2.05, 4.69) is 56.5 Å². The molecule has 0 radical (unpaired) electrons. The molecule has 0 spiro atoms. The van der Waals surface area contributed by atoms with Gasteiger partial charge in [-0.15, -0.1) is 0 Å². The number of para-hydroxylation sites is 1. The number of hydrogen-bond donors (Lipinski definition) is 4. The molecule has 17 heteroatoms. The van der Waals surface area contributed by atoms with Crippen molar-refractivity contribution in [1.29, 1.82) is 0 Å². The predicted octanol–water partition coefficient (Wildman–Crippen LogP) is 5.84. The lowest BCUT2D eigenvalue weighted by Crippen LogP contribution is -2.52. The zero-order valence-corrected chi connectivity index (χ0v) is 40.3. The third-order valence-corrected chi connectivity index (χ3v) is 14.9. The number of imide groups is 1. The van der Waals surface area contributed by atoms with E-state index < -0.39 is 6.04 Å². The quantitative estimate of drug-likeness (QED) is 0.0494. The van der Waals surface area contributed by atoms with Crippen molar-refractivity contribution in [3.05, 3.63) is 90.3 Å². The Morgan fingerprint density at radius 1 is 0.829 bits per heavy atom. The van der Waals surface area contributed by atoms with Crippen LogP contribution in [0.4, 0.5) is 11.5 Å². The summed E-state index contributed by atoms with van der Waals surface area (Å²) in [7, 11) is 0. The summed E-state index contributed by atoms with van der Waals surface area (Å²) < 4.78 is 5.79. The second-order valence-electron chi connectivity index (χ2n) is 19.4. The van der Waals surface area contributed by atoms with Gasteiger partial charge in [0.1, 0.15) is 29.7 Å². The summed E-state index contributed by atoms with van der Waals surface area (Å²) in [6.45, 7) is 12.3. The number of nitrogen functional groups attached to an aromatic ring is 1. The number of nitrogens with zero attached hydrogens (tertiary/aromatic N) is 8. The number of piperidine rings is 4. The lowest BCUT2D eigenvalue weighted by atomic mass is 9.91. The van der Waals surface area contributed by atoms with Crippen LogP contribution in [0.3, 0.4) is 0 Å². The summed E-state index contributed by atoms with van der Waals surface area (Å²) in [4.78, 5) is 68.1. The van der Waals surface area contributed by atoms with Gasteiger partial charge >= 0.3 is 0 Å². The number of hydrogen-bond acceptors (Lipinski definition) is 13. The average Bonchev–Trinajstić information content (AvgIpc) is 3.98. The number of benzene rings is 3. The number of amides is 4. The monoisotopic (exact) mass is 953 g/mol. The standard InChI is InChI=1S/C36H55N7O4.C17H13N5O/c44-27-37-14-22-39(23-24-40-18-12-30(13-19-40)41-16-2-1-3-17-41)15-4-5-28-10-20-42(21-11-28)31-6-7-32-29(25-31)26-43(36(32)47)33-8-9-34(45)38-35(33)46;18-16-14-15(21-22-17(14)20-10-19-16)11-6-8-13(9-7-11)23-12-4-2-1-3-5-12/h6-7,25,27-28,30,33H,1-5,8-24,26H2,(H,37,44)(H,38,45,46);1-10H,(H3,18,19,20,21,22). The minimum atomic E-state index is -0.578. The summed E-state index contributed by atoms with van der Waals surface area (Å²) in [5.74, 6) is 1.93. The van der Waals surface area contributed by atoms with Gasteiger partial charge in [-0.3, -0.25) is 29.6 Å². The van der Waals surface area contributed by atoms with Crippen LogP contribution in [0.2, 0.25) is 0 Å². The molecule has 0 bridgehead atoms. The predicted molar refractivity (Wildman–Crippen MR) is 270 cm³/mol. The Labute approximate surface area is 410 Å². The fourth-order valence-corrected chi connectivity index (χ4v) is 10.9. The van der Waals surface area contributed by atoms with E-state index in [0.29, 0.717) is 42.5 Å². The van der Waals surface area contributed by atoms with E-state index in [4.69, 9.17) is 10.5 Å². The zero-order valence-electron chi connectivity index (χ0n) is 40.3. The van der Waals surface area contributed by atoms with Crippen molar-refractivity contribution in [2.24, 2.45) is 5.92 Å². The van der Waals surface area contributed by atoms with E-state index in [-0.39, 0.29) is 24.1 Å². The summed E-state index contributed by atoms with van der Waals surface area (Å²) in [5, 5.41) is 13.1. The Hall–Kier alpha value is -6.43. The number of ether oxygens (including phenoxy) is 1. The van der Waals surface area contributed by atoms with Crippen LogP contribution in [0.1, 0.15) is 86.6 Å². The fourth-order valence-electron chi connectivity index (χ4n) is 10.9. The number of aromatic amines is 1. The van der Waals surface area contributed by atoms with Gasteiger partial charge in [-0.05, 0) is 157 Å². The Kier molecular flexibility index (Phi) is 16.3. The number of carbonyl (C=O) groups excluding carboxylic acids is 4. The van der Waals surface area contributed by atoms with E-state index >= 15 is 0 Å². The molecule has 0 aliphatic carbocycles. The first-order valence-corrected chi connectivity index (χ1v) is 25.5. The highest BCUT2D eigenvalue weighted by atomic mass is 16.5. The Balaban J connectivity index is 0.000000219. The molecule has 17 nitrogen and oxygen atoms in total. The van der Waals surface area contributed by atoms with Crippen LogP contribution < -0.4 is 26.0 Å². The fraction of sp³-hybridized carbons (Fsp3) is 0.491. The van der Waals surface area contributed by atoms with Crippen molar-refractivity contribution < 1.29 is 23.9 Å². The van der Waals surface area contributed by atoms with E-state index in [1.807, 2.05) is 66.7 Å². The number of nitrogens with one attached hydrogen (secondary N) is 3. The lowest BCUT2D eigenvalue weighted by molar-refractivity contribution is -0.137. The highest BCUT2D eigenvalue weighted by Gasteiger charge is 2.39. The van der Waals surface area contributed by atoms with E-state index in [0.717, 1.165) is 104 Å². The molecule has 5 aliphatic heterocycles. The summed E-state index contributed by atoms with van der Waals surface area (Å²) in [6, 6.07) is 23.6. The Bertz CT molecular complexity index is 2530. The summed E-state index contributed by atoms with van der Waals surface area (Å²) in [6.07, 6.45) is 14.3. The van der Waals surface area contributed by atoms with Crippen molar-refractivity contribution in [3.63, 3.8) is 0 Å². The molecule has 5 aromatic rings. The molecule has 4 saturated heterocycles. The van der Waals surface area contributed by atoms with Gasteiger partial charge in [0, 0.05) is 75.1 Å². The normalized spacial score (nSPS) is 19.5. The molecule has 370 valence electrons. The molecule has 5 N–H and O–H groups in total. The maximum atomic E-state index is 13.1. The topological polar surface area (TPSA) is 198 Å². The van der Waals surface area contributed by atoms with Gasteiger partial charge in [0.15, 0.2) is 5.65 Å². The SMILES string of the molecule is Nc1ncnc2n[nH]c(-c3ccc(Oc4ccccc4)cc3)c12.O=CNCCN(CCCC1CCN(c2ccc3c(c2)CN(C2CCC(=O)NC2=O)C3=O)CC1)CCN1CCC(N2CCCCC2)CC1. The van der Waals surface area contributed by atoms with E-state index in [1.54, 1.807) is 4.90 Å². The third kappa shape index (κ3) is 12.1. The Morgan fingerprint density at radius 2 is 1.60 bits per heavy atom. The number of H-pyrrole nitrogens is 1. The molecule has 2 aromatic heterocycles. The van der Waals surface area contributed by atoms with Gasteiger partial charge in [-0.1, -0.05) is 24.6 Å².